The summed E-state index contributed by atoms with van der Waals surface area (Å²) in [6, 6.07) is 4.70. The largest absolute Gasteiger partial charge is 0.378 e. The number of ether oxygens (including phenoxy) is 1. The van der Waals surface area contributed by atoms with Crippen molar-refractivity contribution >= 4 is 17.7 Å². The summed E-state index contributed by atoms with van der Waals surface area (Å²) in [5.41, 5.74) is 2.86. The van der Waals surface area contributed by atoms with Crippen LogP contribution in [0.3, 0.4) is 0 Å². The number of nitrogens with one attached hydrogen (secondary N) is 2. The van der Waals surface area contributed by atoms with Crippen LogP contribution >= 0.6 is 0 Å². The van der Waals surface area contributed by atoms with Crippen LogP contribution in [0.1, 0.15) is 72.1 Å². The van der Waals surface area contributed by atoms with Gasteiger partial charge in [0.1, 0.15) is 6.04 Å². The summed E-state index contributed by atoms with van der Waals surface area (Å²) in [4.78, 5) is 44.5. The fraction of sp³-hybridized carbons (Fsp3) is 0.667. The molecule has 1 saturated heterocycles. The molecule has 2 N–H and O–H groups in total. The highest BCUT2D eigenvalue weighted by atomic mass is 16.5. The third kappa shape index (κ3) is 8.65. The lowest BCUT2D eigenvalue weighted by Crippen LogP contribution is -2.61. The summed E-state index contributed by atoms with van der Waals surface area (Å²) in [6.45, 7) is 22.2. The Hall–Kier alpha value is -2.71. The van der Waals surface area contributed by atoms with Gasteiger partial charge in [-0.2, -0.15) is 0 Å². The molecule has 1 fully saturated rings. The van der Waals surface area contributed by atoms with Crippen LogP contribution < -0.4 is 10.6 Å². The molecule has 0 spiro atoms. The predicted octanol–water partition coefficient (Wildman–Crippen LogP) is 3.99. The first-order chi connectivity index (χ1) is 18.9. The van der Waals surface area contributed by atoms with E-state index in [1.807, 2.05) is 40.7 Å². The first kappa shape index (κ1) is 34.5. The van der Waals surface area contributed by atoms with Gasteiger partial charge in [0.05, 0.1) is 25.3 Å². The van der Waals surface area contributed by atoms with Crippen molar-refractivity contribution in [1.29, 1.82) is 0 Å². The van der Waals surface area contributed by atoms with Crippen molar-refractivity contribution in [3.63, 3.8) is 0 Å². The van der Waals surface area contributed by atoms with E-state index in [0.29, 0.717) is 31.9 Å². The minimum Gasteiger partial charge on any atom is -0.378 e. The standard InChI is InChI=1S/C33H54N4O4/c1-21(2)26(20-24(5)30(39)37-13-15-41-16-14-37)36(12)31(40)28(32(6,7)8)35-29(38)27(34-11)33(9,10)25-18-22(3)17-23(4)19-25/h17-21,26-28,34H,13-16H2,1-12H3,(H,35,38)/b24-20+/t26-,27-,28-/m1/s1. The maximum atomic E-state index is 14.1. The predicted molar refractivity (Wildman–Crippen MR) is 166 cm³/mol. The molecule has 0 aromatic heterocycles. The van der Waals surface area contributed by atoms with E-state index >= 15 is 0 Å². The molecule has 3 atom stereocenters. The Balaban J connectivity index is 2.34. The second-order valence-corrected chi connectivity index (χ2v) is 13.6. The first-order valence-corrected chi connectivity index (χ1v) is 14.8. The zero-order valence-electron chi connectivity index (χ0n) is 27.5. The number of hydrogen-bond donors (Lipinski definition) is 2. The molecule has 8 nitrogen and oxygen atoms in total. The normalized spacial score (nSPS) is 17.2. The van der Waals surface area contributed by atoms with Crippen molar-refractivity contribution in [2.24, 2.45) is 11.3 Å². The van der Waals surface area contributed by atoms with E-state index in [4.69, 9.17) is 4.74 Å². The van der Waals surface area contributed by atoms with Gasteiger partial charge in [0.25, 0.3) is 0 Å². The molecule has 1 aromatic rings. The summed E-state index contributed by atoms with van der Waals surface area (Å²) in [5, 5.41) is 6.33. The minimum atomic E-state index is -0.768. The Morgan fingerprint density at radius 3 is 1.98 bits per heavy atom. The van der Waals surface area contributed by atoms with Gasteiger partial charge < -0.3 is 25.2 Å². The van der Waals surface area contributed by atoms with Gasteiger partial charge in [0.2, 0.25) is 17.7 Å². The molecule has 3 amide bonds. The summed E-state index contributed by atoms with van der Waals surface area (Å²) in [6.07, 6.45) is 1.89. The van der Waals surface area contributed by atoms with Crippen molar-refractivity contribution in [1.82, 2.24) is 20.4 Å². The number of rotatable bonds is 10. The molecule has 41 heavy (non-hydrogen) atoms. The summed E-state index contributed by atoms with van der Waals surface area (Å²) >= 11 is 0. The third-order valence-corrected chi connectivity index (χ3v) is 8.17. The van der Waals surface area contributed by atoms with Gasteiger partial charge in [-0.15, -0.1) is 0 Å². The van der Waals surface area contributed by atoms with E-state index in [1.54, 1.807) is 30.8 Å². The molecule has 2 rings (SSSR count). The Morgan fingerprint density at radius 1 is 0.976 bits per heavy atom. The Kier molecular flexibility index (Phi) is 11.8. The average Bonchev–Trinajstić information content (AvgIpc) is 2.88. The molecular weight excluding hydrogens is 516 g/mol. The lowest BCUT2D eigenvalue weighted by Gasteiger charge is -2.40. The smallest absolute Gasteiger partial charge is 0.249 e. The minimum absolute atomic E-state index is 0.0362. The Labute approximate surface area is 248 Å². The average molecular weight is 571 g/mol. The van der Waals surface area contributed by atoms with Gasteiger partial charge in [-0.1, -0.05) is 83.9 Å². The van der Waals surface area contributed by atoms with Crippen LogP contribution in [0.4, 0.5) is 0 Å². The molecule has 0 aliphatic carbocycles. The number of carbonyl (C=O) groups excluding carboxylic acids is 3. The molecule has 0 bridgehead atoms. The lowest BCUT2D eigenvalue weighted by atomic mass is 9.76. The van der Waals surface area contributed by atoms with E-state index in [1.165, 1.54) is 0 Å². The van der Waals surface area contributed by atoms with Crippen LogP contribution in [-0.2, 0) is 24.5 Å². The van der Waals surface area contributed by atoms with Crippen LogP contribution in [0.15, 0.2) is 29.8 Å². The van der Waals surface area contributed by atoms with E-state index in [-0.39, 0.29) is 29.7 Å². The highest BCUT2D eigenvalue weighted by Crippen LogP contribution is 2.30. The molecule has 0 radical (unpaired) electrons. The van der Waals surface area contributed by atoms with Gasteiger partial charge in [-0.05, 0) is 44.7 Å². The number of morpholine rings is 1. The maximum absolute atomic E-state index is 14.1. The number of nitrogens with zero attached hydrogens (tertiary/aromatic N) is 2. The van der Waals surface area contributed by atoms with Crippen LogP contribution in [0.5, 0.6) is 0 Å². The number of aryl methyl sites for hydroxylation is 2. The monoisotopic (exact) mass is 570 g/mol. The zero-order valence-corrected chi connectivity index (χ0v) is 27.5. The fourth-order valence-corrected chi connectivity index (χ4v) is 5.65. The van der Waals surface area contributed by atoms with Gasteiger partial charge in [0.15, 0.2) is 0 Å². The third-order valence-electron chi connectivity index (χ3n) is 8.17. The summed E-state index contributed by atoms with van der Waals surface area (Å²) < 4.78 is 5.38. The maximum Gasteiger partial charge on any atom is 0.249 e. The van der Waals surface area contributed by atoms with E-state index < -0.39 is 22.9 Å². The molecule has 0 unspecified atom stereocenters. The van der Waals surface area contributed by atoms with Crippen LogP contribution in [0.2, 0.25) is 0 Å². The van der Waals surface area contributed by atoms with Crippen molar-refractivity contribution < 1.29 is 19.1 Å². The number of likely N-dealkylation sites (N-methyl/N-ethyl adjacent to an activating group) is 2. The van der Waals surface area contributed by atoms with Gasteiger partial charge in [-0.3, -0.25) is 14.4 Å². The van der Waals surface area contributed by atoms with Crippen molar-refractivity contribution in [2.75, 3.05) is 40.4 Å². The highest BCUT2D eigenvalue weighted by molar-refractivity contribution is 5.94. The Bertz CT molecular complexity index is 1090. The topological polar surface area (TPSA) is 91.0 Å². The Morgan fingerprint density at radius 2 is 1.51 bits per heavy atom. The highest BCUT2D eigenvalue weighted by Gasteiger charge is 2.41. The van der Waals surface area contributed by atoms with Crippen LogP contribution in [-0.4, -0.2) is 86.0 Å². The summed E-state index contributed by atoms with van der Waals surface area (Å²) in [5.74, 6) is -0.396. The van der Waals surface area contributed by atoms with Gasteiger partial charge >= 0.3 is 0 Å². The van der Waals surface area contributed by atoms with Crippen LogP contribution in [0, 0.1) is 25.2 Å². The molecule has 1 aliphatic heterocycles. The van der Waals surface area contributed by atoms with Gasteiger partial charge in [0, 0.05) is 31.1 Å². The van der Waals surface area contributed by atoms with Crippen molar-refractivity contribution in [3.05, 3.63) is 46.5 Å². The van der Waals surface area contributed by atoms with Crippen LogP contribution in [0.25, 0.3) is 0 Å². The molecule has 1 aromatic carbocycles. The molecule has 1 heterocycles. The number of benzene rings is 1. The molecule has 1 aliphatic rings. The number of amides is 3. The molecule has 8 heteroatoms. The number of carbonyl (C=O) groups is 3. The van der Waals surface area contributed by atoms with Crippen molar-refractivity contribution in [2.45, 2.75) is 92.8 Å². The van der Waals surface area contributed by atoms with E-state index in [2.05, 4.69) is 56.5 Å². The fourth-order valence-electron chi connectivity index (χ4n) is 5.65. The zero-order chi connectivity index (χ0) is 31.3. The SMILES string of the molecule is CN[C@H](C(=O)N[C@H](C(=O)N(C)[C@H](/C=C(\C)C(=O)N1CCOCC1)C(C)C)C(C)(C)C)C(C)(C)c1cc(C)cc(C)c1. The number of hydrogen-bond acceptors (Lipinski definition) is 5. The lowest BCUT2D eigenvalue weighted by molar-refractivity contribution is -0.141. The van der Waals surface area contributed by atoms with E-state index in [9.17, 15) is 14.4 Å². The summed E-state index contributed by atoms with van der Waals surface area (Å²) in [7, 11) is 3.54. The quantitative estimate of drug-likeness (QED) is 0.415. The molecule has 230 valence electrons. The first-order valence-electron chi connectivity index (χ1n) is 14.8. The van der Waals surface area contributed by atoms with E-state index in [0.717, 1.165) is 16.7 Å². The second kappa shape index (κ2) is 14.0. The van der Waals surface area contributed by atoms with Crippen molar-refractivity contribution in [3.8, 4) is 0 Å². The molecule has 0 saturated carbocycles. The molecular formula is C33H54N4O4. The second-order valence-electron chi connectivity index (χ2n) is 13.6. The van der Waals surface area contributed by atoms with Gasteiger partial charge in [-0.25, -0.2) is 0 Å².